The van der Waals surface area contributed by atoms with E-state index in [-0.39, 0.29) is 11.9 Å². The lowest BCUT2D eigenvalue weighted by Gasteiger charge is -2.34. The predicted octanol–water partition coefficient (Wildman–Crippen LogP) is -0.187. The first-order chi connectivity index (χ1) is 9.24. The van der Waals surface area contributed by atoms with Crippen molar-refractivity contribution in [3.05, 3.63) is 18.0 Å². The maximum Gasteiger partial charge on any atom is 0.238 e. The molecular weight excluding hydrogens is 242 g/mol. The standard InChI is InChI=1S/C13H23N5O/c1-3-15-13(19)12-8-14-5-6-17(12)9-11-7-16-18(4-2)10-11/h7,10,12,14H,3-6,8-9H2,1-2H3,(H,15,19). The van der Waals surface area contributed by atoms with E-state index in [0.29, 0.717) is 13.1 Å². The monoisotopic (exact) mass is 265 g/mol. The van der Waals surface area contributed by atoms with E-state index in [1.165, 1.54) is 0 Å². The Hall–Kier alpha value is -1.40. The molecule has 19 heavy (non-hydrogen) atoms. The van der Waals surface area contributed by atoms with Gasteiger partial charge in [0.2, 0.25) is 5.91 Å². The van der Waals surface area contributed by atoms with Crippen molar-refractivity contribution in [1.29, 1.82) is 0 Å². The van der Waals surface area contributed by atoms with E-state index >= 15 is 0 Å². The predicted molar refractivity (Wildman–Crippen MR) is 73.7 cm³/mol. The van der Waals surface area contributed by atoms with Gasteiger partial charge in [0.15, 0.2) is 0 Å². The number of aryl methyl sites for hydroxylation is 1. The van der Waals surface area contributed by atoms with E-state index in [9.17, 15) is 4.79 Å². The topological polar surface area (TPSA) is 62.2 Å². The first kappa shape index (κ1) is 14.0. The van der Waals surface area contributed by atoms with Crippen molar-refractivity contribution in [2.45, 2.75) is 33.0 Å². The molecule has 1 fully saturated rings. The molecular formula is C13H23N5O. The summed E-state index contributed by atoms with van der Waals surface area (Å²) in [5.74, 6) is 0.109. The van der Waals surface area contributed by atoms with Crippen molar-refractivity contribution in [3.63, 3.8) is 0 Å². The summed E-state index contributed by atoms with van der Waals surface area (Å²) in [6.45, 7) is 8.88. The zero-order valence-corrected chi connectivity index (χ0v) is 11.7. The van der Waals surface area contributed by atoms with Crippen molar-refractivity contribution in [3.8, 4) is 0 Å². The van der Waals surface area contributed by atoms with Crippen LogP contribution in [0.25, 0.3) is 0 Å². The van der Waals surface area contributed by atoms with Gasteiger partial charge in [0, 0.05) is 51.0 Å². The maximum absolute atomic E-state index is 12.0. The van der Waals surface area contributed by atoms with Crippen LogP contribution in [-0.2, 0) is 17.9 Å². The van der Waals surface area contributed by atoms with Crippen LogP contribution in [0.2, 0.25) is 0 Å². The zero-order chi connectivity index (χ0) is 13.7. The minimum atomic E-state index is -0.0846. The van der Waals surface area contributed by atoms with Gasteiger partial charge in [0.25, 0.3) is 0 Å². The van der Waals surface area contributed by atoms with Crippen LogP contribution in [0.5, 0.6) is 0 Å². The molecule has 2 rings (SSSR count). The first-order valence-corrected chi connectivity index (χ1v) is 6.98. The highest BCUT2D eigenvalue weighted by atomic mass is 16.2. The van der Waals surface area contributed by atoms with E-state index in [2.05, 4.69) is 33.8 Å². The molecule has 1 unspecified atom stereocenters. The molecule has 106 valence electrons. The largest absolute Gasteiger partial charge is 0.355 e. The number of aromatic nitrogens is 2. The van der Waals surface area contributed by atoms with Crippen LogP contribution < -0.4 is 10.6 Å². The molecule has 6 heteroatoms. The van der Waals surface area contributed by atoms with Crippen LogP contribution in [-0.4, -0.2) is 52.8 Å². The van der Waals surface area contributed by atoms with E-state index in [1.807, 2.05) is 17.8 Å². The third-order valence-electron chi connectivity index (χ3n) is 3.40. The minimum absolute atomic E-state index is 0.0846. The molecule has 2 heterocycles. The molecule has 0 spiro atoms. The number of hydrogen-bond acceptors (Lipinski definition) is 4. The highest BCUT2D eigenvalue weighted by Gasteiger charge is 2.28. The van der Waals surface area contributed by atoms with Gasteiger partial charge in [-0.2, -0.15) is 5.10 Å². The minimum Gasteiger partial charge on any atom is -0.355 e. The molecule has 1 aromatic rings. The summed E-state index contributed by atoms with van der Waals surface area (Å²) < 4.78 is 1.92. The first-order valence-electron chi connectivity index (χ1n) is 6.98. The second-order valence-corrected chi connectivity index (χ2v) is 4.79. The van der Waals surface area contributed by atoms with Crippen LogP contribution in [0.4, 0.5) is 0 Å². The molecule has 0 aromatic carbocycles. The number of nitrogens with zero attached hydrogens (tertiary/aromatic N) is 3. The van der Waals surface area contributed by atoms with Gasteiger partial charge in [-0.05, 0) is 13.8 Å². The summed E-state index contributed by atoms with van der Waals surface area (Å²) in [4.78, 5) is 14.3. The number of likely N-dealkylation sites (N-methyl/N-ethyl adjacent to an activating group) is 1. The number of carbonyl (C=O) groups excluding carboxylic acids is 1. The Balaban J connectivity index is 2.00. The highest BCUT2D eigenvalue weighted by Crippen LogP contribution is 2.10. The van der Waals surface area contributed by atoms with Crippen LogP contribution in [0, 0.1) is 0 Å². The third-order valence-corrected chi connectivity index (χ3v) is 3.40. The van der Waals surface area contributed by atoms with Gasteiger partial charge in [-0.1, -0.05) is 0 Å². The summed E-state index contributed by atoms with van der Waals surface area (Å²) in [6.07, 6.45) is 3.94. The lowest BCUT2D eigenvalue weighted by Crippen LogP contribution is -2.57. The molecule has 0 saturated carbocycles. The van der Waals surface area contributed by atoms with E-state index in [0.717, 1.165) is 31.7 Å². The Bertz CT molecular complexity index is 417. The quantitative estimate of drug-likeness (QED) is 0.775. The van der Waals surface area contributed by atoms with E-state index < -0.39 is 0 Å². The number of nitrogens with one attached hydrogen (secondary N) is 2. The lowest BCUT2D eigenvalue weighted by molar-refractivity contribution is -0.127. The fraction of sp³-hybridized carbons (Fsp3) is 0.692. The smallest absolute Gasteiger partial charge is 0.238 e. The number of amides is 1. The van der Waals surface area contributed by atoms with Crippen molar-refractivity contribution < 1.29 is 4.79 Å². The third kappa shape index (κ3) is 3.54. The molecule has 1 aliphatic rings. The fourth-order valence-corrected chi connectivity index (χ4v) is 2.38. The average Bonchev–Trinajstić information content (AvgIpc) is 2.87. The van der Waals surface area contributed by atoms with Gasteiger partial charge in [0.05, 0.1) is 6.20 Å². The van der Waals surface area contributed by atoms with Crippen molar-refractivity contribution >= 4 is 5.91 Å². The SMILES string of the molecule is CCNC(=O)C1CNCCN1Cc1cnn(CC)c1. The molecule has 0 radical (unpaired) electrons. The van der Waals surface area contributed by atoms with Gasteiger partial charge in [-0.25, -0.2) is 0 Å². The molecule has 1 aromatic heterocycles. The molecule has 1 atom stereocenters. The maximum atomic E-state index is 12.0. The van der Waals surface area contributed by atoms with Crippen molar-refractivity contribution in [2.75, 3.05) is 26.2 Å². The van der Waals surface area contributed by atoms with Gasteiger partial charge < -0.3 is 10.6 Å². The zero-order valence-electron chi connectivity index (χ0n) is 11.7. The molecule has 1 saturated heterocycles. The Morgan fingerprint density at radius 2 is 2.42 bits per heavy atom. The highest BCUT2D eigenvalue weighted by molar-refractivity contribution is 5.82. The van der Waals surface area contributed by atoms with E-state index in [1.54, 1.807) is 0 Å². The van der Waals surface area contributed by atoms with Gasteiger partial charge in [-0.15, -0.1) is 0 Å². The number of piperazine rings is 1. The summed E-state index contributed by atoms with van der Waals surface area (Å²) in [6, 6.07) is -0.0846. The normalized spacial score (nSPS) is 20.4. The van der Waals surface area contributed by atoms with Gasteiger partial charge in [0.1, 0.15) is 6.04 Å². The van der Waals surface area contributed by atoms with Crippen molar-refractivity contribution in [1.82, 2.24) is 25.3 Å². The lowest BCUT2D eigenvalue weighted by atomic mass is 10.1. The van der Waals surface area contributed by atoms with Crippen LogP contribution in [0.3, 0.4) is 0 Å². The Labute approximate surface area is 114 Å². The molecule has 0 bridgehead atoms. The summed E-state index contributed by atoms with van der Waals surface area (Å²) in [5.41, 5.74) is 1.16. The average molecular weight is 265 g/mol. The number of rotatable bonds is 5. The second-order valence-electron chi connectivity index (χ2n) is 4.79. The molecule has 1 aliphatic heterocycles. The number of carbonyl (C=O) groups is 1. The van der Waals surface area contributed by atoms with E-state index in [4.69, 9.17) is 0 Å². The molecule has 6 nitrogen and oxygen atoms in total. The van der Waals surface area contributed by atoms with Crippen LogP contribution >= 0.6 is 0 Å². The summed E-state index contributed by atoms with van der Waals surface area (Å²) in [5, 5.41) is 10.5. The summed E-state index contributed by atoms with van der Waals surface area (Å²) in [7, 11) is 0. The molecule has 0 aliphatic carbocycles. The Kier molecular flexibility index (Phi) is 4.93. The molecule has 2 N–H and O–H groups in total. The van der Waals surface area contributed by atoms with Crippen LogP contribution in [0.15, 0.2) is 12.4 Å². The van der Waals surface area contributed by atoms with Gasteiger partial charge >= 0.3 is 0 Å². The second kappa shape index (κ2) is 6.68. The van der Waals surface area contributed by atoms with Gasteiger partial charge in [-0.3, -0.25) is 14.4 Å². The summed E-state index contributed by atoms with van der Waals surface area (Å²) >= 11 is 0. The Morgan fingerprint density at radius 1 is 1.58 bits per heavy atom. The fourth-order valence-electron chi connectivity index (χ4n) is 2.38. The van der Waals surface area contributed by atoms with Crippen LogP contribution in [0.1, 0.15) is 19.4 Å². The molecule has 1 amide bonds. The van der Waals surface area contributed by atoms with Crippen molar-refractivity contribution in [2.24, 2.45) is 0 Å². The Morgan fingerprint density at radius 3 is 3.11 bits per heavy atom. The number of hydrogen-bond donors (Lipinski definition) is 2.